The number of halogens is 4. The average molecular weight is 360 g/mol. The van der Waals surface area contributed by atoms with E-state index in [0.717, 1.165) is 21.3 Å². The highest BCUT2D eigenvalue weighted by Gasteiger charge is 2.30. The van der Waals surface area contributed by atoms with Gasteiger partial charge in [-0.3, -0.25) is 0 Å². The molecule has 0 aliphatic carbocycles. The zero-order valence-corrected chi connectivity index (χ0v) is 12.8. The summed E-state index contributed by atoms with van der Waals surface area (Å²) >= 11 is 3.49. The topological polar surface area (TPSA) is 21.3 Å². The van der Waals surface area contributed by atoms with Crippen molar-refractivity contribution in [3.63, 3.8) is 0 Å². The Labute approximate surface area is 129 Å². The van der Waals surface area contributed by atoms with E-state index in [1.165, 1.54) is 12.1 Å². The Kier molecular flexibility index (Phi) is 4.77. The van der Waals surface area contributed by atoms with E-state index >= 15 is 0 Å². The normalized spacial score (nSPS) is 11.3. The predicted octanol–water partition coefficient (Wildman–Crippen LogP) is 5.27. The van der Waals surface area contributed by atoms with Gasteiger partial charge >= 0.3 is 6.36 Å². The molecule has 0 saturated heterocycles. The Hall–Kier alpha value is -1.69. The number of hydrogen-bond donors (Lipinski definition) is 1. The van der Waals surface area contributed by atoms with Gasteiger partial charge in [-0.15, -0.1) is 13.2 Å². The van der Waals surface area contributed by atoms with Gasteiger partial charge in [0.15, 0.2) is 0 Å². The van der Waals surface area contributed by atoms with Crippen LogP contribution in [0.1, 0.15) is 11.1 Å². The van der Waals surface area contributed by atoms with Gasteiger partial charge in [0, 0.05) is 16.7 Å². The van der Waals surface area contributed by atoms with Crippen LogP contribution in [0.2, 0.25) is 0 Å². The molecular formula is C15H13BrF3NO. The van der Waals surface area contributed by atoms with Crippen molar-refractivity contribution in [1.82, 2.24) is 0 Å². The molecule has 1 N–H and O–H groups in total. The second kappa shape index (κ2) is 6.39. The van der Waals surface area contributed by atoms with Gasteiger partial charge in [0.05, 0.1) is 0 Å². The van der Waals surface area contributed by atoms with Crippen molar-refractivity contribution in [2.45, 2.75) is 19.8 Å². The van der Waals surface area contributed by atoms with Crippen LogP contribution in [0.4, 0.5) is 18.9 Å². The summed E-state index contributed by atoms with van der Waals surface area (Å²) in [4.78, 5) is 0. The molecule has 0 amide bonds. The van der Waals surface area contributed by atoms with Crippen molar-refractivity contribution < 1.29 is 17.9 Å². The summed E-state index contributed by atoms with van der Waals surface area (Å²) < 4.78 is 41.0. The number of aryl methyl sites for hydroxylation is 1. The van der Waals surface area contributed by atoms with Gasteiger partial charge in [0.25, 0.3) is 0 Å². The first-order valence-electron chi connectivity index (χ1n) is 6.19. The van der Waals surface area contributed by atoms with E-state index in [9.17, 15) is 13.2 Å². The van der Waals surface area contributed by atoms with Crippen molar-refractivity contribution in [1.29, 1.82) is 0 Å². The van der Waals surface area contributed by atoms with Gasteiger partial charge in [-0.25, -0.2) is 0 Å². The smallest absolute Gasteiger partial charge is 0.406 e. The number of anilines is 1. The third-order valence-corrected chi connectivity index (χ3v) is 3.88. The van der Waals surface area contributed by atoms with Gasteiger partial charge < -0.3 is 10.1 Å². The van der Waals surface area contributed by atoms with Gasteiger partial charge in [-0.2, -0.15) is 0 Å². The zero-order chi connectivity index (χ0) is 15.5. The van der Waals surface area contributed by atoms with Crippen LogP contribution in [0.3, 0.4) is 0 Å². The standard InChI is InChI=1S/C15H13BrF3NO/c1-10-3-2-4-13(14(10)16)20-9-11-5-7-12(8-6-11)21-15(17,18)19/h2-8,20H,9H2,1H3. The van der Waals surface area contributed by atoms with Crippen molar-refractivity contribution >= 4 is 21.6 Å². The summed E-state index contributed by atoms with van der Waals surface area (Å²) in [6, 6.07) is 11.6. The first-order valence-corrected chi connectivity index (χ1v) is 6.98. The fraction of sp³-hybridized carbons (Fsp3) is 0.200. The summed E-state index contributed by atoms with van der Waals surface area (Å²) in [7, 11) is 0. The maximum absolute atomic E-state index is 12.1. The molecule has 0 radical (unpaired) electrons. The molecule has 21 heavy (non-hydrogen) atoms. The number of alkyl halides is 3. The van der Waals surface area contributed by atoms with Crippen LogP contribution in [0, 0.1) is 6.92 Å². The molecule has 0 atom stereocenters. The first-order chi connectivity index (χ1) is 9.85. The zero-order valence-electron chi connectivity index (χ0n) is 11.2. The van der Waals surface area contributed by atoms with Gasteiger partial charge in [-0.05, 0) is 52.2 Å². The fourth-order valence-corrected chi connectivity index (χ4v) is 2.19. The molecule has 6 heteroatoms. The second-order valence-electron chi connectivity index (χ2n) is 4.48. The summed E-state index contributed by atoms with van der Waals surface area (Å²) in [6.07, 6.45) is -4.66. The minimum atomic E-state index is -4.66. The number of ether oxygens (including phenoxy) is 1. The minimum absolute atomic E-state index is 0.219. The van der Waals surface area contributed by atoms with E-state index in [1.807, 2.05) is 25.1 Å². The Morgan fingerprint density at radius 2 is 1.76 bits per heavy atom. The monoisotopic (exact) mass is 359 g/mol. The fourth-order valence-electron chi connectivity index (χ4n) is 1.79. The van der Waals surface area contributed by atoms with Gasteiger partial charge in [-0.1, -0.05) is 24.3 Å². The molecule has 112 valence electrons. The van der Waals surface area contributed by atoms with Crippen LogP contribution in [-0.4, -0.2) is 6.36 Å². The molecule has 2 aromatic rings. The molecule has 0 saturated carbocycles. The van der Waals surface area contributed by atoms with E-state index in [0.29, 0.717) is 6.54 Å². The summed E-state index contributed by atoms with van der Waals surface area (Å²) in [6.45, 7) is 2.49. The maximum Gasteiger partial charge on any atom is 0.573 e. The molecule has 2 nitrogen and oxygen atoms in total. The molecule has 0 aliphatic rings. The lowest BCUT2D eigenvalue weighted by molar-refractivity contribution is -0.274. The lowest BCUT2D eigenvalue weighted by Gasteiger charge is -2.12. The Morgan fingerprint density at radius 3 is 2.38 bits per heavy atom. The third-order valence-electron chi connectivity index (χ3n) is 2.83. The molecule has 0 heterocycles. The third kappa shape index (κ3) is 4.67. The first kappa shape index (κ1) is 15.7. The Morgan fingerprint density at radius 1 is 1.10 bits per heavy atom. The number of hydrogen-bond acceptors (Lipinski definition) is 2. The lowest BCUT2D eigenvalue weighted by Crippen LogP contribution is -2.17. The number of rotatable bonds is 4. The van der Waals surface area contributed by atoms with Crippen LogP contribution < -0.4 is 10.1 Å². The largest absolute Gasteiger partial charge is 0.573 e. The number of benzene rings is 2. The highest BCUT2D eigenvalue weighted by Crippen LogP contribution is 2.27. The minimum Gasteiger partial charge on any atom is -0.406 e. The molecule has 0 aliphatic heterocycles. The van der Waals surface area contributed by atoms with Gasteiger partial charge in [0.1, 0.15) is 5.75 Å². The highest BCUT2D eigenvalue weighted by atomic mass is 79.9. The van der Waals surface area contributed by atoms with Crippen molar-refractivity contribution in [3.8, 4) is 5.75 Å². The average Bonchev–Trinajstić information content (AvgIpc) is 2.40. The highest BCUT2D eigenvalue weighted by molar-refractivity contribution is 9.10. The quantitative estimate of drug-likeness (QED) is 0.802. The second-order valence-corrected chi connectivity index (χ2v) is 5.27. The number of nitrogens with one attached hydrogen (secondary N) is 1. The molecule has 0 bridgehead atoms. The van der Waals surface area contributed by atoms with E-state index in [2.05, 4.69) is 26.0 Å². The van der Waals surface area contributed by atoms with Gasteiger partial charge in [0.2, 0.25) is 0 Å². The lowest BCUT2D eigenvalue weighted by atomic mass is 10.2. The summed E-state index contributed by atoms with van der Waals surface area (Å²) in [5.41, 5.74) is 2.90. The van der Waals surface area contributed by atoms with E-state index in [4.69, 9.17) is 0 Å². The van der Waals surface area contributed by atoms with Crippen LogP contribution in [-0.2, 0) is 6.54 Å². The summed E-state index contributed by atoms with van der Waals surface area (Å²) in [5.74, 6) is -0.219. The molecule has 2 rings (SSSR count). The SMILES string of the molecule is Cc1cccc(NCc2ccc(OC(F)(F)F)cc2)c1Br. The van der Waals surface area contributed by atoms with Crippen LogP contribution in [0.15, 0.2) is 46.9 Å². The molecular weight excluding hydrogens is 347 g/mol. The van der Waals surface area contributed by atoms with E-state index in [-0.39, 0.29) is 5.75 Å². The van der Waals surface area contributed by atoms with Crippen LogP contribution >= 0.6 is 15.9 Å². The molecule has 2 aromatic carbocycles. The predicted molar refractivity (Wildman–Crippen MR) is 79.3 cm³/mol. The van der Waals surface area contributed by atoms with Crippen LogP contribution in [0.25, 0.3) is 0 Å². The Bertz CT molecular complexity index is 611. The molecule has 0 fully saturated rings. The maximum atomic E-state index is 12.1. The van der Waals surface area contributed by atoms with Crippen LogP contribution in [0.5, 0.6) is 5.75 Å². The van der Waals surface area contributed by atoms with E-state index < -0.39 is 6.36 Å². The van der Waals surface area contributed by atoms with Crippen molar-refractivity contribution in [3.05, 3.63) is 58.1 Å². The molecule has 0 spiro atoms. The Balaban J connectivity index is 1.99. The van der Waals surface area contributed by atoms with E-state index in [1.54, 1.807) is 12.1 Å². The molecule has 0 unspecified atom stereocenters. The van der Waals surface area contributed by atoms with Crippen molar-refractivity contribution in [2.24, 2.45) is 0 Å². The molecule has 0 aromatic heterocycles. The van der Waals surface area contributed by atoms with Crippen molar-refractivity contribution in [2.75, 3.05) is 5.32 Å². The summed E-state index contributed by atoms with van der Waals surface area (Å²) in [5, 5.41) is 3.23.